The van der Waals surface area contributed by atoms with Crippen molar-refractivity contribution < 1.29 is 4.79 Å². The van der Waals surface area contributed by atoms with E-state index in [1.165, 1.54) is 0 Å². The van der Waals surface area contributed by atoms with Crippen LogP contribution in [0.3, 0.4) is 0 Å². The molecule has 6 nitrogen and oxygen atoms in total. The van der Waals surface area contributed by atoms with Crippen molar-refractivity contribution in [1.29, 1.82) is 0 Å². The Morgan fingerprint density at radius 2 is 2.43 bits per heavy atom. The molecule has 106 valence electrons. The number of rotatable bonds is 3. The number of aliphatic imine (C=N–C) groups is 1. The van der Waals surface area contributed by atoms with Crippen LogP contribution in [0.5, 0.6) is 0 Å². The first-order valence-corrected chi connectivity index (χ1v) is 7.58. The molecule has 0 bridgehead atoms. The van der Waals surface area contributed by atoms with E-state index in [0.717, 1.165) is 40.5 Å². The van der Waals surface area contributed by atoms with E-state index in [1.807, 2.05) is 23.6 Å². The summed E-state index contributed by atoms with van der Waals surface area (Å²) in [5.41, 5.74) is 2.71. The Kier molecular flexibility index (Phi) is 2.92. The van der Waals surface area contributed by atoms with Crippen LogP contribution < -0.4 is 5.32 Å². The molecular formula is C14H13N5OS. The maximum Gasteiger partial charge on any atom is 0.230 e. The minimum atomic E-state index is -0.0196. The monoisotopic (exact) mass is 299 g/mol. The average Bonchev–Trinajstić information content (AvgIpc) is 3.16. The molecule has 1 aromatic heterocycles. The summed E-state index contributed by atoms with van der Waals surface area (Å²) < 4.78 is 0. The lowest BCUT2D eigenvalue weighted by molar-refractivity contribution is -0.115. The van der Waals surface area contributed by atoms with Gasteiger partial charge in [0.25, 0.3) is 0 Å². The topological polar surface area (TPSA) is 73.4 Å². The van der Waals surface area contributed by atoms with Crippen molar-refractivity contribution in [3.05, 3.63) is 35.5 Å². The van der Waals surface area contributed by atoms with Gasteiger partial charge in [-0.3, -0.25) is 14.9 Å². The smallest absolute Gasteiger partial charge is 0.230 e. The highest BCUT2D eigenvalue weighted by Crippen LogP contribution is 2.31. The zero-order valence-corrected chi connectivity index (χ0v) is 12.0. The number of benzene rings is 1. The highest BCUT2D eigenvalue weighted by atomic mass is 32.2. The maximum absolute atomic E-state index is 12.2. The van der Waals surface area contributed by atoms with Gasteiger partial charge in [0.2, 0.25) is 5.91 Å². The van der Waals surface area contributed by atoms with Gasteiger partial charge in [0.05, 0.1) is 24.7 Å². The van der Waals surface area contributed by atoms with E-state index in [0.29, 0.717) is 6.42 Å². The largest absolute Gasteiger partial charge is 0.326 e. The van der Waals surface area contributed by atoms with Crippen LogP contribution in [-0.2, 0) is 4.79 Å². The van der Waals surface area contributed by atoms with Gasteiger partial charge in [0.15, 0.2) is 5.17 Å². The summed E-state index contributed by atoms with van der Waals surface area (Å²) >= 11 is 1.59. The van der Waals surface area contributed by atoms with E-state index >= 15 is 0 Å². The molecule has 0 saturated heterocycles. The van der Waals surface area contributed by atoms with Crippen molar-refractivity contribution >= 4 is 39.4 Å². The van der Waals surface area contributed by atoms with Crippen LogP contribution >= 0.6 is 11.8 Å². The molecule has 2 aliphatic heterocycles. The van der Waals surface area contributed by atoms with Crippen LogP contribution in [-0.4, -0.2) is 39.3 Å². The minimum absolute atomic E-state index is 0.0196. The number of hydrogen-bond donors (Lipinski definition) is 2. The highest BCUT2D eigenvalue weighted by Gasteiger charge is 2.27. The number of nitrogens with one attached hydrogen (secondary N) is 2. The van der Waals surface area contributed by atoms with E-state index in [-0.39, 0.29) is 5.91 Å². The van der Waals surface area contributed by atoms with Crippen molar-refractivity contribution in [2.24, 2.45) is 4.99 Å². The molecule has 0 atom stereocenters. The molecule has 2 aromatic rings. The summed E-state index contributed by atoms with van der Waals surface area (Å²) in [7, 11) is 0. The van der Waals surface area contributed by atoms with Gasteiger partial charge in [0.1, 0.15) is 0 Å². The van der Waals surface area contributed by atoms with E-state index in [1.54, 1.807) is 18.0 Å². The zero-order valence-electron chi connectivity index (χ0n) is 11.2. The molecular weight excluding hydrogens is 286 g/mol. The number of thioether (sulfide) groups is 1. The molecule has 0 spiro atoms. The van der Waals surface area contributed by atoms with Gasteiger partial charge in [0, 0.05) is 23.3 Å². The van der Waals surface area contributed by atoms with Gasteiger partial charge >= 0.3 is 0 Å². The van der Waals surface area contributed by atoms with Gasteiger partial charge in [-0.2, -0.15) is 5.10 Å². The third-order valence-electron chi connectivity index (χ3n) is 3.52. The first-order valence-electron chi connectivity index (χ1n) is 6.70. The van der Waals surface area contributed by atoms with Crippen LogP contribution in [0.1, 0.15) is 6.42 Å². The number of aromatic amines is 1. The molecule has 3 heterocycles. The maximum atomic E-state index is 12.2. The Labute approximate surface area is 125 Å². The second kappa shape index (κ2) is 4.92. The number of hydrogen-bond acceptors (Lipinski definition) is 5. The fourth-order valence-corrected chi connectivity index (χ4v) is 3.45. The first kappa shape index (κ1) is 12.5. The summed E-state index contributed by atoms with van der Waals surface area (Å²) in [6.45, 7) is 1.69. The molecule has 0 saturated carbocycles. The fourth-order valence-electron chi connectivity index (χ4n) is 2.50. The van der Waals surface area contributed by atoms with Crippen LogP contribution in [0.25, 0.3) is 10.9 Å². The number of carbonyl (C=O) groups is 1. The lowest BCUT2D eigenvalue weighted by Gasteiger charge is -2.16. The standard InChI is InChI=1S/C14H13N5OS/c20-13(6-11-8-21-14-15-3-4-19(11)14)17-10-2-1-9-7-16-18-12(9)5-10/h1-2,5,7-8H,3-4,6H2,(H,16,18)(H,17,20). The van der Waals surface area contributed by atoms with Crippen molar-refractivity contribution in [2.75, 3.05) is 18.4 Å². The Bertz CT molecular complexity index is 779. The Balaban J connectivity index is 1.45. The Hall–Kier alpha value is -2.28. The van der Waals surface area contributed by atoms with Gasteiger partial charge in [-0.05, 0) is 23.6 Å². The van der Waals surface area contributed by atoms with Crippen molar-refractivity contribution in [3.8, 4) is 0 Å². The molecule has 7 heteroatoms. The zero-order chi connectivity index (χ0) is 14.2. The number of H-pyrrole nitrogens is 1. The quantitative estimate of drug-likeness (QED) is 0.911. The molecule has 0 fully saturated rings. The first-order chi connectivity index (χ1) is 10.3. The fraction of sp³-hybridized carbons (Fsp3) is 0.214. The SMILES string of the molecule is O=C(CC1=CSC2=NCCN12)Nc1ccc2cn[nH]c2c1. The number of amides is 1. The summed E-state index contributed by atoms with van der Waals surface area (Å²) in [6.07, 6.45) is 2.13. The third-order valence-corrected chi connectivity index (χ3v) is 4.47. The summed E-state index contributed by atoms with van der Waals surface area (Å²) in [4.78, 5) is 18.7. The number of fused-ring (bicyclic) bond motifs is 2. The summed E-state index contributed by atoms with van der Waals surface area (Å²) in [5, 5.41) is 13.8. The van der Waals surface area contributed by atoms with Crippen molar-refractivity contribution in [2.45, 2.75) is 6.42 Å². The minimum Gasteiger partial charge on any atom is -0.326 e. The van der Waals surface area contributed by atoms with E-state index in [9.17, 15) is 4.79 Å². The average molecular weight is 299 g/mol. The van der Waals surface area contributed by atoms with Crippen LogP contribution in [0, 0.1) is 0 Å². The van der Waals surface area contributed by atoms with Gasteiger partial charge in [-0.15, -0.1) is 0 Å². The molecule has 1 amide bonds. The second-order valence-electron chi connectivity index (χ2n) is 4.94. The van der Waals surface area contributed by atoms with Gasteiger partial charge in [-0.25, -0.2) is 0 Å². The molecule has 0 aliphatic carbocycles. The highest BCUT2D eigenvalue weighted by molar-refractivity contribution is 8.16. The van der Waals surface area contributed by atoms with Crippen LogP contribution in [0.2, 0.25) is 0 Å². The molecule has 4 rings (SSSR count). The molecule has 21 heavy (non-hydrogen) atoms. The molecule has 2 aliphatic rings. The number of nitrogens with zero attached hydrogens (tertiary/aromatic N) is 3. The Morgan fingerprint density at radius 3 is 3.38 bits per heavy atom. The Morgan fingerprint density at radius 1 is 1.48 bits per heavy atom. The van der Waals surface area contributed by atoms with E-state index in [2.05, 4.69) is 25.4 Å². The molecule has 2 N–H and O–H groups in total. The predicted octanol–water partition coefficient (Wildman–Crippen LogP) is 2.15. The summed E-state index contributed by atoms with van der Waals surface area (Å²) in [5.74, 6) is -0.0196. The molecule has 1 aromatic carbocycles. The third kappa shape index (κ3) is 2.29. The van der Waals surface area contributed by atoms with E-state index in [4.69, 9.17) is 0 Å². The lowest BCUT2D eigenvalue weighted by atomic mass is 10.2. The van der Waals surface area contributed by atoms with Crippen molar-refractivity contribution in [3.63, 3.8) is 0 Å². The lowest BCUT2D eigenvalue weighted by Crippen LogP contribution is -2.24. The van der Waals surface area contributed by atoms with E-state index < -0.39 is 0 Å². The number of carbonyl (C=O) groups excluding carboxylic acids is 1. The molecule has 0 unspecified atom stereocenters. The van der Waals surface area contributed by atoms with Gasteiger partial charge < -0.3 is 10.2 Å². The normalized spacial score (nSPS) is 16.9. The second-order valence-corrected chi connectivity index (χ2v) is 5.78. The number of anilines is 1. The van der Waals surface area contributed by atoms with Crippen molar-refractivity contribution in [1.82, 2.24) is 15.1 Å². The number of aromatic nitrogens is 2. The van der Waals surface area contributed by atoms with Gasteiger partial charge in [-0.1, -0.05) is 11.8 Å². The van der Waals surface area contributed by atoms with Crippen LogP contribution in [0.15, 0.2) is 40.5 Å². The summed E-state index contributed by atoms with van der Waals surface area (Å²) in [6, 6.07) is 5.71. The number of amidine groups is 1. The molecule has 0 radical (unpaired) electrons. The predicted molar refractivity (Wildman–Crippen MR) is 84.0 cm³/mol. The van der Waals surface area contributed by atoms with Crippen LogP contribution in [0.4, 0.5) is 5.69 Å².